The highest BCUT2D eigenvalue weighted by molar-refractivity contribution is 5.94. The fraction of sp³-hybridized carbons (Fsp3) is 0.588. The van der Waals surface area contributed by atoms with Gasteiger partial charge in [-0.1, -0.05) is 0 Å². The molecule has 0 N–H and O–H groups in total. The Morgan fingerprint density at radius 3 is 2.81 bits per heavy atom. The van der Waals surface area contributed by atoms with Crippen molar-refractivity contribution < 1.29 is 13.9 Å². The minimum Gasteiger partial charge on any atom is -0.370 e. The minimum atomic E-state index is -0.300. The van der Waals surface area contributed by atoms with Gasteiger partial charge in [-0.05, 0) is 61.8 Å². The molecule has 2 heterocycles. The van der Waals surface area contributed by atoms with Crippen molar-refractivity contribution in [1.29, 1.82) is 0 Å². The van der Waals surface area contributed by atoms with Crippen LogP contribution < -0.4 is 0 Å². The molecular weight excluding hydrogens is 269 g/mol. The molecule has 1 aromatic rings. The molecule has 21 heavy (non-hydrogen) atoms. The third kappa shape index (κ3) is 2.46. The number of carbonyl (C=O) groups is 1. The molecule has 112 valence electrons. The van der Waals surface area contributed by atoms with Crippen LogP contribution in [0, 0.1) is 11.2 Å². The zero-order valence-corrected chi connectivity index (χ0v) is 12.1. The maximum absolute atomic E-state index is 13.0. The SMILES string of the molecule is O=C(c1ccc(F)cc1)N1CCC[C@@]2(CC[C@H]3O[C@H]3C2)C1. The molecule has 3 nitrogen and oxygen atoms in total. The number of rotatable bonds is 1. The number of likely N-dealkylation sites (tertiary alicyclic amines) is 1. The molecule has 1 amide bonds. The van der Waals surface area contributed by atoms with E-state index in [1.807, 2.05) is 4.90 Å². The number of benzene rings is 1. The van der Waals surface area contributed by atoms with Crippen molar-refractivity contribution in [3.05, 3.63) is 35.6 Å². The first kappa shape index (κ1) is 13.3. The molecule has 2 aliphatic heterocycles. The second-order valence-electron chi connectivity index (χ2n) is 6.79. The maximum Gasteiger partial charge on any atom is 0.253 e. The van der Waals surface area contributed by atoms with Crippen molar-refractivity contribution >= 4 is 5.91 Å². The van der Waals surface area contributed by atoms with Gasteiger partial charge in [0.2, 0.25) is 0 Å². The molecule has 3 aliphatic rings. The summed E-state index contributed by atoms with van der Waals surface area (Å²) in [7, 11) is 0. The molecule has 3 atom stereocenters. The lowest BCUT2D eigenvalue weighted by molar-refractivity contribution is 0.0412. The Morgan fingerprint density at radius 2 is 2.05 bits per heavy atom. The smallest absolute Gasteiger partial charge is 0.253 e. The van der Waals surface area contributed by atoms with Crippen LogP contribution in [0.25, 0.3) is 0 Å². The molecule has 4 rings (SSSR count). The summed E-state index contributed by atoms with van der Waals surface area (Å²) in [5.74, 6) is -0.265. The number of epoxide rings is 1. The lowest BCUT2D eigenvalue weighted by atomic mass is 9.69. The third-order valence-electron chi connectivity index (χ3n) is 5.32. The number of carbonyl (C=O) groups excluding carboxylic acids is 1. The zero-order valence-electron chi connectivity index (χ0n) is 12.1. The number of piperidine rings is 1. The molecule has 0 radical (unpaired) electrons. The standard InChI is InChI=1S/C17H20FNO2/c18-13-4-2-12(3-5-13)16(20)19-9-1-7-17(11-19)8-6-14-15(10-17)21-14/h2-5,14-15H,1,6-11H2/t14-,15+,17+/m1/s1. The number of halogens is 1. The van der Waals surface area contributed by atoms with E-state index in [-0.39, 0.29) is 17.1 Å². The van der Waals surface area contributed by atoms with Crippen molar-refractivity contribution in [2.45, 2.75) is 44.3 Å². The Morgan fingerprint density at radius 1 is 1.24 bits per heavy atom. The van der Waals surface area contributed by atoms with Gasteiger partial charge in [0.05, 0.1) is 12.2 Å². The Kier molecular flexibility index (Phi) is 3.03. The molecule has 0 unspecified atom stereocenters. The van der Waals surface area contributed by atoms with Crippen LogP contribution in [0.4, 0.5) is 4.39 Å². The number of hydrogen-bond donors (Lipinski definition) is 0. The molecule has 4 heteroatoms. The summed E-state index contributed by atoms with van der Waals surface area (Å²) in [6.07, 6.45) is 6.62. The summed E-state index contributed by atoms with van der Waals surface area (Å²) in [5.41, 5.74) is 0.843. The van der Waals surface area contributed by atoms with Crippen LogP contribution >= 0.6 is 0 Å². The summed E-state index contributed by atoms with van der Waals surface area (Å²) < 4.78 is 18.6. The molecular formula is C17H20FNO2. The first-order valence-electron chi connectivity index (χ1n) is 7.86. The first-order chi connectivity index (χ1) is 10.2. The number of ether oxygens (including phenoxy) is 1. The lowest BCUT2D eigenvalue weighted by Crippen LogP contribution is -2.47. The van der Waals surface area contributed by atoms with Gasteiger partial charge >= 0.3 is 0 Å². The van der Waals surface area contributed by atoms with Gasteiger partial charge in [-0.3, -0.25) is 4.79 Å². The summed E-state index contributed by atoms with van der Waals surface area (Å²) in [4.78, 5) is 14.6. The molecule has 2 saturated heterocycles. The van der Waals surface area contributed by atoms with Crippen LogP contribution in [-0.2, 0) is 4.74 Å². The predicted octanol–water partition coefficient (Wildman–Crippen LogP) is 3.00. The van der Waals surface area contributed by atoms with Gasteiger partial charge in [0.25, 0.3) is 5.91 Å². The topological polar surface area (TPSA) is 32.8 Å². The number of hydrogen-bond acceptors (Lipinski definition) is 2. The van der Waals surface area contributed by atoms with Crippen molar-refractivity contribution in [2.24, 2.45) is 5.41 Å². The van der Waals surface area contributed by atoms with E-state index < -0.39 is 0 Å². The van der Waals surface area contributed by atoms with Gasteiger partial charge in [0, 0.05) is 18.7 Å². The van der Waals surface area contributed by atoms with E-state index in [1.165, 1.54) is 25.0 Å². The molecule has 3 fully saturated rings. The Labute approximate surface area is 124 Å². The Bertz CT molecular complexity index is 558. The average molecular weight is 289 g/mol. The first-order valence-corrected chi connectivity index (χ1v) is 7.86. The van der Waals surface area contributed by atoms with E-state index in [9.17, 15) is 9.18 Å². The normalized spacial score (nSPS) is 34.6. The van der Waals surface area contributed by atoms with Gasteiger partial charge in [0.1, 0.15) is 5.82 Å². The second-order valence-corrected chi connectivity index (χ2v) is 6.79. The summed E-state index contributed by atoms with van der Waals surface area (Å²) in [6, 6.07) is 5.88. The van der Waals surface area contributed by atoms with Crippen molar-refractivity contribution in [3.8, 4) is 0 Å². The predicted molar refractivity (Wildman–Crippen MR) is 76.5 cm³/mol. The van der Waals surface area contributed by atoms with Crippen LogP contribution in [0.5, 0.6) is 0 Å². The molecule has 0 bridgehead atoms. The van der Waals surface area contributed by atoms with E-state index in [0.29, 0.717) is 17.8 Å². The highest BCUT2D eigenvalue weighted by Crippen LogP contribution is 2.50. The van der Waals surface area contributed by atoms with E-state index in [2.05, 4.69) is 0 Å². The van der Waals surface area contributed by atoms with Gasteiger partial charge in [-0.15, -0.1) is 0 Å². The van der Waals surface area contributed by atoms with Gasteiger partial charge in [-0.2, -0.15) is 0 Å². The van der Waals surface area contributed by atoms with Crippen LogP contribution in [0.2, 0.25) is 0 Å². The molecule has 1 saturated carbocycles. The quantitative estimate of drug-likeness (QED) is 0.745. The van der Waals surface area contributed by atoms with E-state index in [0.717, 1.165) is 32.4 Å². The van der Waals surface area contributed by atoms with Crippen molar-refractivity contribution in [2.75, 3.05) is 13.1 Å². The Balaban J connectivity index is 1.49. The van der Waals surface area contributed by atoms with Crippen LogP contribution in [-0.4, -0.2) is 36.1 Å². The second kappa shape index (κ2) is 4.80. The summed E-state index contributed by atoms with van der Waals surface area (Å²) >= 11 is 0. The number of nitrogens with zero attached hydrogens (tertiary/aromatic N) is 1. The number of amides is 1. The van der Waals surface area contributed by atoms with Gasteiger partial charge in [-0.25, -0.2) is 4.39 Å². The van der Waals surface area contributed by atoms with Crippen LogP contribution in [0.3, 0.4) is 0 Å². The van der Waals surface area contributed by atoms with Gasteiger partial charge < -0.3 is 9.64 Å². The monoisotopic (exact) mass is 289 g/mol. The highest BCUT2D eigenvalue weighted by Gasteiger charge is 2.51. The molecule has 1 aromatic carbocycles. The lowest BCUT2D eigenvalue weighted by Gasteiger charge is -2.44. The minimum absolute atomic E-state index is 0.0351. The Hall–Kier alpha value is -1.42. The number of fused-ring (bicyclic) bond motifs is 1. The summed E-state index contributed by atoms with van der Waals surface area (Å²) in [6.45, 7) is 1.64. The molecule has 1 aliphatic carbocycles. The van der Waals surface area contributed by atoms with Crippen LogP contribution in [0.1, 0.15) is 42.5 Å². The summed E-state index contributed by atoms with van der Waals surface area (Å²) in [5, 5.41) is 0. The largest absolute Gasteiger partial charge is 0.370 e. The maximum atomic E-state index is 13.0. The highest BCUT2D eigenvalue weighted by atomic mass is 19.1. The zero-order chi connectivity index (χ0) is 14.4. The average Bonchev–Trinajstić information content (AvgIpc) is 3.25. The van der Waals surface area contributed by atoms with E-state index >= 15 is 0 Å². The van der Waals surface area contributed by atoms with E-state index in [4.69, 9.17) is 4.74 Å². The van der Waals surface area contributed by atoms with Crippen molar-refractivity contribution in [3.63, 3.8) is 0 Å². The third-order valence-corrected chi connectivity index (χ3v) is 5.32. The molecule has 1 spiro atoms. The molecule has 0 aromatic heterocycles. The van der Waals surface area contributed by atoms with Crippen molar-refractivity contribution in [1.82, 2.24) is 4.90 Å². The fourth-order valence-corrected chi connectivity index (χ4v) is 4.12. The van der Waals surface area contributed by atoms with Crippen LogP contribution in [0.15, 0.2) is 24.3 Å². The van der Waals surface area contributed by atoms with Gasteiger partial charge in [0.15, 0.2) is 0 Å². The van der Waals surface area contributed by atoms with E-state index in [1.54, 1.807) is 12.1 Å². The fourth-order valence-electron chi connectivity index (χ4n) is 4.12.